The van der Waals surface area contributed by atoms with Crippen LogP contribution >= 0.6 is 11.8 Å². The number of aryl methyl sites for hydroxylation is 1. The van der Waals surface area contributed by atoms with Crippen LogP contribution in [0.2, 0.25) is 0 Å². The Balaban J connectivity index is 1.43. The van der Waals surface area contributed by atoms with Crippen molar-refractivity contribution in [2.45, 2.75) is 13.5 Å². The van der Waals surface area contributed by atoms with Gasteiger partial charge >= 0.3 is 0 Å². The molecule has 37 heavy (non-hydrogen) atoms. The number of thioether (sulfide) groups is 1. The Kier molecular flexibility index (Phi) is 7.38. The van der Waals surface area contributed by atoms with E-state index in [2.05, 4.69) is 19.1 Å². The van der Waals surface area contributed by atoms with Gasteiger partial charge in [-0.25, -0.2) is 4.99 Å². The van der Waals surface area contributed by atoms with Crippen LogP contribution in [0.3, 0.4) is 0 Å². The lowest BCUT2D eigenvalue weighted by Gasteiger charge is -2.15. The standard InChI is InChI=1S/C31H26N2O3S/c1-22-11-9-10-12-24(22)21-36-27-18-17-23(19-28(27)35-2)20-29-30(34)33(26-15-7-4-8-16-26)31(37-29)32-25-13-5-3-6-14-25/h3-20H,21H2,1-2H3/b29-20-,32-31?. The summed E-state index contributed by atoms with van der Waals surface area (Å²) in [6.07, 6.45) is 1.87. The zero-order chi connectivity index (χ0) is 25.6. The minimum absolute atomic E-state index is 0.121. The van der Waals surface area contributed by atoms with E-state index < -0.39 is 0 Å². The molecule has 0 N–H and O–H groups in total. The molecule has 0 spiro atoms. The maximum absolute atomic E-state index is 13.5. The van der Waals surface area contributed by atoms with Gasteiger partial charge in [0, 0.05) is 0 Å². The Bertz CT molecular complexity index is 1470. The third-order valence-electron chi connectivity index (χ3n) is 5.93. The van der Waals surface area contributed by atoms with Crippen LogP contribution in [-0.4, -0.2) is 18.2 Å². The molecule has 1 heterocycles. The summed E-state index contributed by atoms with van der Waals surface area (Å²) < 4.78 is 11.7. The average molecular weight is 507 g/mol. The fourth-order valence-electron chi connectivity index (χ4n) is 3.94. The lowest BCUT2D eigenvalue weighted by Crippen LogP contribution is -2.28. The maximum Gasteiger partial charge on any atom is 0.271 e. The van der Waals surface area contributed by atoms with E-state index in [1.807, 2.05) is 97.1 Å². The van der Waals surface area contributed by atoms with Crippen molar-refractivity contribution in [3.05, 3.63) is 125 Å². The van der Waals surface area contributed by atoms with E-state index in [0.29, 0.717) is 28.2 Å². The van der Waals surface area contributed by atoms with E-state index in [9.17, 15) is 4.79 Å². The highest BCUT2D eigenvalue weighted by molar-refractivity contribution is 8.19. The molecule has 0 atom stereocenters. The molecule has 0 radical (unpaired) electrons. The van der Waals surface area contributed by atoms with Crippen molar-refractivity contribution >= 4 is 40.3 Å². The van der Waals surface area contributed by atoms with Crippen molar-refractivity contribution in [1.29, 1.82) is 0 Å². The Morgan fingerprint density at radius 1 is 0.865 bits per heavy atom. The highest BCUT2D eigenvalue weighted by Gasteiger charge is 2.34. The monoisotopic (exact) mass is 506 g/mol. The van der Waals surface area contributed by atoms with E-state index in [-0.39, 0.29) is 5.91 Å². The molecule has 1 fully saturated rings. The van der Waals surface area contributed by atoms with Gasteiger partial charge in [-0.3, -0.25) is 9.69 Å². The number of hydrogen-bond acceptors (Lipinski definition) is 5. The van der Waals surface area contributed by atoms with Crippen LogP contribution in [-0.2, 0) is 11.4 Å². The van der Waals surface area contributed by atoms with E-state index >= 15 is 0 Å². The molecule has 184 valence electrons. The number of anilines is 1. The minimum Gasteiger partial charge on any atom is -0.493 e. The largest absolute Gasteiger partial charge is 0.493 e. The molecule has 5 rings (SSSR count). The lowest BCUT2D eigenvalue weighted by molar-refractivity contribution is -0.113. The second-order valence-corrected chi connectivity index (χ2v) is 9.45. The van der Waals surface area contributed by atoms with Crippen molar-refractivity contribution < 1.29 is 14.3 Å². The molecule has 6 heteroatoms. The van der Waals surface area contributed by atoms with E-state index in [4.69, 9.17) is 14.5 Å². The van der Waals surface area contributed by atoms with E-state index in [1.54, 1.807) is 12.0 Å². The number of aliphatic imine (C=N–C) groups is 1. The summed E-state index contributed by atoms with van der Waals surface area (Å²) in [6.45, 7) is 2.51. The number of nitrogens with zero attached hydrogens (tertiary/aromatic N) is 2. The van der Waals surface area contributed by atoms with Crippen LogP contribution in [0.4, 0.5) is 11.4 Å². The van der Waals surface area contributed by atoms with Crippen LogP contribution in [0, 0.1) is 6.92 Å². The normalized spacial score (nSPS) is 15.4. The number of amides is 1. The summed E-state index contributed by atoms with van der Waals surface area (Å²) in [6, 6.07) is 33.0. The van der Waals surface area contributed by atoms with E-state index in [1.165, 1.54) is 17.3 Å². The van der Waals surface area contributed by atoms with Gasteiger partial charge in [-0.1, -0.05) is 66.7 Å². The molecule has 1 aliphatic heterocycles. The Labute approximate surface area is 221 Å². The van der Waals surface area contributed by atoms with Gasteiger partial charge in [-0.15, -0.1) is 0 Å². The first-order chi connectivity index (χ1) is 18.1. The van der Waals surface area contributed by atoms with Crippen LogP contribution < -0.4 is 14.4 Å². The second-order valence-electron chi connectivity index (χ2n) is 8.44. The third-order valence-corrected chi connectivity index (χ3v) is 6.90. The number of benzene rings is 4. The Hall–Kier alpha value is -4.29. The molecule has 0 aliphatic carbocycles. The summed E-state index contributed by atoms with van der Waals surface area (Å²) in [4.78, 5) is 20.5. The van der Waals surface area contributed by atoms with Gasteiger partial charge in [0.2, 0.25) is 0 Å². The molecule has 0 aromatic heterocycles. The van der Waals surface area contributed by atoms with Crippen LogP contribution in [0.15, 0.2) is 113 Å². The van der Waals surface area contributed by atoms with Crippen molar-refractivity contribution in [2.24, 2.45) is 4.99 Å². The van der Waals surface area contributed by atoms with Gasteiger partial charge in [0.15, 0.2) is 16.7 Å². The second kappa shape index (κ2) is 11.2. The maximum atomic E-state index is 13.5. The average Bonchev–Trinajstić information content (AvgIpc) is 3.23. The molecule has 4 aromatic carbocycles. The van der Waals surface area contributed by atoms with Crippen molar-refractivity contribution in [1.82, 2.24) is 0 Å². The Morgan fingerprint density at radius 2 is 1.57 bits per heavy atom. The molecule has 5 nitrogen and oxygen atoms in total. The van der Waals surface area contributed by atoms with Gasteiger partial charge in [0.25, 0.3) is 5.91 Å². The molecule has 0 bridgehead atoms. The highest BCUT2D eigenvalue weighted by Crippen LogP contribution is 2.38. The number of methoxy groups -OCH3 is 1. The van der Waals surface area contributed by atoms with Gasteiger partial charge in [0.05, 0.1) is 23.4 Å². The number of rotatable bonds is 7. The predicted molar refractivity (Wildman–Crippen MR) is 152 cm³/mol. The van der Waals surface area contributed by atoms with Crippen LogP contribution in [0.1, 0.15) is 16.7 Å². The smallest absolute Gasteiger partial charge is 0.271 e. The van der Waals surface area contributed by atoms with Gasteiger partial charge in [0.1, 0.15) is 6.61 Å². The summed E-state index contributed by atoms with van der Waals surface area (Å²) >= 11 is 1.35. The number of amidine groups is 1. The summed E-state index contributed by atoms with van der Waals surface area (Å²) in [5.41, 5.74) is 4.70. The first kappa shape index (κ1) is 24.4. The zero-order valence-corrected chi connectivity index (χ0v) is 21.4. The number of para-hydroxylation sites is 2. The van der Waals surface area contributed by atoms with Crippen molar-refractivity contribution in [2.75, 3.05) is 12.0 Å². The Morgan fingerprint density at radius 3 is 2.30 bits per heavy atom. The molecule has 1 amide bonds. The van der Waals surface area contributed by atoms with Crippen molar-refractivity contribution in [3.8, 4) is 11.5 Å². The summed E-state index contributed by atoms with van der Waals surface area (Å²) in [5.74, 6) is 1.14. The first-order valence-corrected chi connectivity index (χ1v) is 12.7. The van der Waals surface area contributed by atoms with Gasteiger partial charge < -0.3 is 9.47 Å². The van der Waals surface area contributed by atoms with Gasteiger partial charge in [-0.2, -0.15) is 0 Å². The predicted octanol–water partition coefficient (Wildman–Crippen LogP) is 7.39. The molecule has 1 aliphatic rings. The molecule has 4 aromatic rings. The summed E-state index contributed by atoms with van der Waals surface area (Å²) in [7, 11) is 1.62. The molecule has 0 unspecified atom stereocenters. The first-order valence-electron chi connectivity index (χ1n) is 11.9. The number of carbonyl (C=O) groups is 1. The quantitative estimate of drug-likeness (QED) is 0.245. The number of carbonyl (C=O) groups excluding carboxylic acids is 1. The van der Waals surface area contributed by atoms with E-state index in [0.717, 1.165) is 22.5 Å². The number of ether oxygens (including phenoxy) is 2. The summed E-state index contributed by atoms with van der Waals surface area (Å²) in [5, 5.41) is 0.610. The lowest BCUT2D eigenvalue weighted by atomic mass is 10.1. The minimum atomic E-state index is -0.121. The molecule has 1 saturated heterocycles. The molecule has 0 saturated carbocycles. The van der Waals surface area contributed by atoms with Crippen LogP contribution in [0.25, 0.3) is 6.08 Å². The topological polar surface area (TPSA) is 51.1 Å². The number of hydrogen-bond donors (Lipinski definition) is 0. The van der Waals surface area contributed by atoms with Gasteiger partial charge in [-0.05, 0) is 77.9 Å². The SMILES string of the molecule is COc1cc(/C=C2\SC(=Nc3ccccc3)N(c3ccccc3)C2=O)ccc1OCc1ccccc1C. The van der Waals surface area contributed by atoms with Crippen molar-refractivity contribution in [3.63, 3.8) is 0 Å². The highest BCUT2D eigenvalue weighted by atomic mass is 32.2. The third kappa shape index (κ3) is 5.60. The molecular weight excluding hydrogens is 480 g/mol. The fraction of sp³-hybridized carbons (Fsp3) is 0.0968. The van der Waals surface area contributed by atoms with Crippen LogP contribution in [0.5, 0.6) is 11.5 Å². The fourth-order valence-corrected chi connectivity index (χ4v) is 4.94. The molecular formula is C31H26N2O3S. The zero-order valence-electron chi connectivity index (χ0n) is 20.6.